The third-order valence-corrected chi connectivity index (χ3v) is 4.32. The van der Waals surface area contributed by atoms with Crippen molar-refractivity contribution in [2.24, 2.45) is 10.9 Å². The zero-order chi connectivity index (χ0) is 19.6. The Bertz CT molecular complexity index is 868. The second-order valence-corrected chi connectivity index (χ2v) is 6.19. The molecule has 27 heavy (non-hydrogen) atoms. The number of hydrogen-bond donors (Lipinski definition) is 3. The highest BCUT2D eigenvalue weighted by Crippen LogP contribution is 2.37. The highest BCUT2D eigenvalue weighted by atomic mass is 16.5. The van der Waals surface area contributed by atoms with Gasteiger partial charge in [-0.25, -0.2) is 0 Å². The number of aliphatic imine (C=N–C) groups is 1. The standard InChI is InChI=1S/C19H22N4O4/c1-10(18(24)21-3)15-16(17(20-2)23-19(25)11-5-6-11)27-14-9-12(26-4)7-8-13(14)22-15/h7-9,11,22H,1,5-6H2,2-4H3,(H,21,24)(H,20,23,25). The van der Waals surface area contributed by atoms with E-state index in [9.17, 15) is 9.59 Å². The van der Waals surface area contributed by atoms with E-state index in [-0.39, 0.29) is 34.9 Å². The third-order valence-electron chi connectivity index (χ3n) is 4.32. The smallest absolute Gasteiger partial charge is 0.252 e. The van der Waals surface area contributed by atoms with Crippen molar-refractivity contribution in [3.8, 4) is 11.5 Å². The number of carbonyl (C=O) groups is 2. The van der Waals surface area contributed by atoms with Crippen molar-refractivity contribution in [3.63, 3.8) is 0 Å². The summed E-state index contributed by atoms with van der Waals surface area (Å²) in [5.74, 6) is 1.05. The van der Waals surface area contributed by atoms with E-state index in [0.29, 0.717) is 22.9 Å². The van der Waals surface area contributed by atoms with E-state index in [1.165, 1.54) is 7.05 Å². The lowest BCUT2D eigenvalue weighted by Gasteiger charge is -2.26. The summed E-state index contributed by atoms with van der Waals surface area (Å²) < 4.78 is 11.2. The SMILES string of the molecule is C=C(C(=O)NC)C1=C(C(=NC)NC(=O)C2CC2)Oc2cc(OC)ccc2N1. The number of hydrogen-bond acceptors (Lipinski definition) is 6. The van der Waals surface area contributed by atoms with Crippen LogP contribution in [0.1, 0.15) is 12.8 Å². The van der Waals surface area contributed by atoms with Crippen molar-refractivity contribution in [1.29, 1.82) is 0 Å². The van der Waals surface area contributed by atoms with Crippen LogP contribution in [0, 0.1) is 5.92 Å². The maximum atomic E-state index is 12.2. The number of fused-ring (bicyclic) bond motifs is 1. The minimum Gasteiger partial charge on any atom is -0.497 e. The number of amidine groups is 1. The highest BCUT2D eigenvalue weighted by molar-refractivity contribution is 6.11. The maximum Gasteiger partial charge on any atom is 0.252 e. The van der Waals surface area contributed by atoms with Gasteiger partial charge in [-0.1, -0.05) is 6.58 Å². The van der Waals surface area contributed by atoms with Gasteiger partial charge in [0.2, 0.25) is 5.91 Å². The van der Waals surface area contributed by atoms with Gasteiger partial charge in [-0.3, -0.25) is 14.6 Å². The highest BCUT2D eigenvalue weighted by Gasteiger charge is 2.33. The minimum absolute atomic E-state index is 0.00290. The van der Waals surface area contributed by atoms with Crippen molar-refractivity contribution in [2.45, 2.75) is 12.8 Å². The van der Waals surface area contributed by atoms with Crippen molar-refractivity contribution < 1.29 is 19.1 Å². The Hall–Kier alpha value is -3.29. The third kappa shape index (κ3) is 3.79. The molecule has 0 unspecified atom stereocenters. The monoisotopic (exact) mass is 370 g/mol. The second kappa shape index (κ2) is 7.53. The van der Waals surface area contributed by atoms with Gasteiger partial charge in [0.25, 0.3) is 5.91 Å². The lowest BCUT2D eigenvalue weighted by Crippen LogP contribution is -2.37. The molecule has 1 aromatic rings. The molecule has 3 N–H and O–H groups in total. The fourth-order valence-corrected chi connectivity index (χ4v) is 2.59. The van der Waals surface area contributed by atoms with Crippen LogP contribution in [0.3, 0.4) is 0 Å². The molecule has 2 aliphatic rings. The Labute approximate surface area is 157 Å². The van der Waals surface area contributed by atoms with E-state index >= 15 is 0 Å². The minimum atomic E-state index is -0.375. The van der Waals surface area contributed by atoms with E-state index < -0.39 is 0 Å². The summed E-state index contributed by atoms with van der Waals surface area (Å²) in [6.45, 7) is 3.84. The molecule has 1 fully saturated rings. The van der Waals surface area contributed by atoms with Crippen LogP contribution in [-0.2, 0) is 9.59 Å². The van der Waals surface area contributed by atoms with Gasteiger partial charge in [0.1, 0.15) is 5.75 Å². The van der Waals surface area contributed by atoms with Gasteiger partial charge < -0.3 is 25.4 Å². The fourth-order valence-electron chi connectivity index (χ4n) is 2.59. The zero-order valence-electron chi connectivity index (χ0n) is 15.5. The van der Waals surface area contributed by atoms with Crippen LogP contribution in [0.2, 0.25) is 0 Å². The van der Waals surface area contributed by atoms with Crippen LogP contribution >= 0.6 is 0 Å². The Morgan fingerprint density at radius 1 is 1.37 bits per heavy atom. The predicted molar refractivity (Wildman–Crippen MR) is 102 cm³/mol. The molecule has 0 atom stereocenters. The molecule has 0 radical (unpaired) electrons. The summed E-state index contributed by atoms with van der Waals surface area (Å²) in [6.07, 6.45) is 1.72. The Morgan fingerprint density at radius 3 is 2.70 bits per heavy atom. The number of nitrogens with one attached hydrogen (secondary N) is 3. The maximum absolute atomic E-state index is 12.2. The van der Waals surface area contributed by atoms with Crippen molar-refractivity contribution >= 4 is 23.3 Å². The van der Waals surface area contributed by atoms with E-state index in [1.807, 2.05) is 0 Å². The normalized spacial score (nSPS) is 15.9. The van der Waals surface area contributed by atoms with Crippen LogP contribution < -0.4 is 25.4 Å². The molecule has 8 nitrogen and oxygen atoms in total. The summed E-state index contributed by atoms with van der Waals surface area (Å²) in [7, 11) is 4.61. The fraction of sp³-hybridized carbons (Fsp3) is 0.316. The number of benzene rings is 1. The Morgan fingerprint density at radius 2 is 2.11 bits per heavy atom. The number of carbonyl (C=O) groups excluding carboxylic acids is 2. The molecule has 0 bridgehead atoms. The lowest BCUT2D eigenvalue weighted by atomic mass is 10.1. The van der Waals surface area contributed by atoms with Crippen molar-refractivity contribution in [3.05, 3.63) is 41.8 Å². The van der Waals surface area contributed by atoms with Gasteiger partial charge in [0.05, 0.1) is 24.1 Å². The average Bonchev–Trinajstić information content (AvgIpc) is 3.54. The molecular formula is C19H22N4O4. The first kappa shape index (κ1) is 18.5. The van der Waals surface area contributed by atoms with Gasteiger partial charge in [-0.2, -0.15) is 0 Å². The Balaban J connectivity index is 2.01. The van der Waals surface area contributed by atoms with E-state index in [2.05, 4.69) is 27.5 Å². The summed E-state index contributed by atoms with van der Waals surface area (Å²) in [6, 6.07) is 5.25. The second-order valence-electron chi connectivity index (χ2n) is 6.19. The van der Waals surface area contributed by atoms with Crippen LogP contribution in [0.15, 0.2) is 46.8 Å². The molecule has 3 rings (SSSR count). The topological polar surface area (TPSA) is 101 Å². The summed E-state index contributed by atoms with van der Waals surface area (Å²) >= 11 is 0. The molecule has 1 saturated carbocycles. The van der Waals surface area contributed by atoms with Crippen LogP contribution in [0.4, 0.5) is 5.69 Å². The predicted octanol–water partition coefficient (Wildman–Crippen LogP) is 1.57. The zero-order valence-corrected chi connectivity index (χ0v) is 15.5. The number of ether oxygens (including phenoxy) is 2. The quantitative estimate of drug-likeness (QED) is 0.415. The van der Waals surface area contributed by atoms with Crippen molar-refractivity contribution in [1.82, 2.24) is 10.6 Å². The average molecular weight is 370 g/mol. The molecule has 1 aliphatic carbocycles. The Kier molecular flexibility index (Phi) is 5.16. The number of rotatable bonds is 5. The number of nitrogens with zero attached hydrogens (tertiary/aromatic N) is 1. The molecule has 1 aromatic carbocycles. The summed E-state index contributed by atoms with van der Waals surface area (Å²) in [4.78, 5) is 28.5. The first-order valence-corrected chi connectivity index (χ1v) is 8.55. The summed E-state index contributed by atoms with van der Waals surface area (Å²) in [5, 5.41) is 8.47. The lowest BCUT2D eigenvalue weighted by molar-refractivity contribution is -0.121. The van der Waals surface area contributed by atoms with Crippen LogP contribution in [-0.4, -0.2) is 38.9 Å². The summed E-state index contributed by atoms with van der Waals surface area (Å²) in [5.41, 5.74) is 1.14. The van der Waals surface area contributed by atoms with Gasteiger partial charge in [0, 0.05) is 26.1 Å². The van der Waals surface area contributed by atoms with Crippen LogP contribution in [0.25, 0.3) is 0 Å². The number of amides is 2. The molecule has 8 heteroatoms. The van der Waals surface area contributed by atoms with Gasteiger partial charge in [-0.05, 0) is 25.0 Å². The molecule has 1 heterocycles. The van der Waals surface area contributed by atoms with Gasteiger partial charge in [-0.15, -0.1) is 0 Å². The molecule has 0 spiro atoms. The van der Waals surface area contributed by atoms with Gasteiger partial charge >= 0.3 is 0 Å². The number of methoxy groups -OCH3 is 1. The molecular weight excluding hydrogens is 348 g/mol. The van der Waals surface area contributed by atoms with Gasteiger partial charge in [0.15, 0.2) is 17.3 Å². The molecule has 142 valence electrons. The molecule has 2 amide bonds. The first-order chi connectivity index (χ1) is 13.0. The molecule has 1 aliphatic heterocycles. The van der Waals surface area contributed by atoms with E-state index in [0.717, 1.165) is 12.8 Å². The largest absolute Gasteiger partial charge is 0.497 e. The number of anilines is 1. The van der Waals surface area contributed by atoms with Crippen molar-refractivity contribution in [2.75, 3.05) is 26.5 Å². The van der Waals surface area contributed by atoms with Crippen LogP contribution in [0.5, 0.6) is 11.5 Å². The number of likely N-dealkylation sites (N-methyl/N-ethyl adjacent to an activating group) is 1. The van der Waals surface area contributed by atoms with E-state index in [1.54, 1.807) is 32.4 Å². The molecule has 0 aromatic heterocycles. The van der Waals surface area contributed by atoms with E-state index in [4.69, 9.17) is 9.47 Å². The first-order valence-electron chi connectivity index (χ1n) is 8.55. The molecule has 0 saturated heterocycles.